The zero-order chi connectivity index (χ0) is 11.1. The lowest BCUT2D eigenvalue weighted by Gasteiger charge is -2.14. The van der Waals surface area contributed by atoms with Gasteiger partial charge in [-0.25, -0.2) is 0 Å². The fourth-order valence-electron chi connectivity index (χ4n) is 1.39. The summed E-state index contributed by atoms with van der Waals surface area (Å²) >= 11 is 0. The van der Waals surface area contributed by atoms with E-state index in [1.54, 1.807) is 7.11 Å². The van der Waals surface area contributed by atoms with Gasteiger partial charge in [-0.2, -0.15) is 0 Å². The quantitative estimate of drug-likeness (QED) is 0.781. The van der Waals surface area contributed by atoms with Gasteiger partial charge in [-0.05, 0) is 18.6 Å². The molecule has 0 bridgehead atoms. The minimum Gasteiger partial charge on any atom is -0.493 e. The van der Waals surface area contributed by atoms with Gasteiger partial charge in [0.1, 0.15) is 6.61 Å². The molecule has 1 aromatic carbocycles. The van der Waals surface area contributed by atoms with Crippen LogP contribution < -0.4 is 15.2 Å². The minimum absolute atomic E-state index is 0.0971. The monoisotopic (exact) mass is 209 g/mol. The van der Waals surface area contributed by atoms with Gasteiger partial charge >= 0.3 is 0 Å². The van der Waals surface area contributed by atoms with Crippen molar-refractivity contribution >= 4 is 0 Å². The molecular weight excluding hydrogens is 190 g/mol. The molecule has 15 heavy (non-hydrogen) atoms. The van der Waals surface area contributed by atoms with Crippen molar-refractivity contribution < 1.29 is 9.47 Å². The Morgan fingerprint density at radius 3 is 2.53 bits per heavy atom. The van der Waals surface area contributed by atoms with E-state index in [1.807, 2.05) is 24.3 Å². The third-order valence-electron chi connectivity index (χ3n) is 2.18. The Balaban J connectivity index is 2.49. The number of hydrogen-bond acceptors (Lipinski definition) is 3. The molecule has 0 heterocycles. The van der Waals surface area contributed by atoms with Crippen LogP contribution in [0, 0.1) is 0 Å². The van der Waals surface area contributed by atoms with Crippen molar-refractivity contribution in [2.24, 2.45) is 5.73 Å². The first-order valence-corrected chi connectivity index (χ1v) is 5.29. The van der Waals surface area contributed by atoms with Gasteiger partial charge in [0.25, 0.3) is 0 Å². The van der Waals surface area contributed by atoms with E-state index in [2.05, 4.69) is 6.92 Å². The molecule has 0 fully saturated rings. The number of nitrogens with two attached hydrogens (primary N) is 1. The molecule has 0 spiro atoms. The third kappa shape index (κ3) is 3.80. The lowest BCUT2D eigenvalue weighted by molar-refractivity contribution is 0.266. The van der Waals surface area contributed by atoms with Crippen molar-refractivity contribution in [2.45, 2.75) is 25.8 Å². The fourth-order valence-corrected chi connectivity index (χ4v) is 1.39. The first-order chi connectivity index (χ1) is 7.27. The van der Waals surface area contributed by atoms with Crippen LogP contribution in [-0.2, 0) is 0 Å². The maximum atomic E-state index is 5.86. The maximum absolute atomic E-state index is 5.86. The molecule has 0 aliphatic rings. The second kappa shape index (κ2) is 6.30. The predicted molar refractivity (Wildman–Crippen MR) is 61.4 cm³/mol. The molecule has 0 aliphatic carbocycles. The summed E-state index contributed by atoms with van der Waals surface area (Å²) in [4.78, 5) is 0. The summed E-state index contributed by atoms with van der Waals surface area (Å²) in [5.74, 6) is 1.51. The summed E-state index contributed by atoms with van der Waals surface area (Å²) in [5.41, 5.74) is 5.86. The molecule has 3 nitrogen and oxygen atoms in total. The van der Waals surface area contributed by atoms with Crippen LogP contribution in [0.15, 0.2) is 24.3 Å². The number of para-hydroxylation sites is 2. The zero-order valence-corrected chi connectivity index (χ0v) is 9.40. The lowest BCUT2D eigenvalue weighted by atomic mass is 10.2. The van der Waals surface area contributed by atoms with E-state index in [0.717, 1.165) is 24.3 Å². The Morgan fingerprint density at radius 2 is 1.93 bits per heavy atom. The largest absolute Gasteiger partial charge is 0.493 e. The SMILES string of the molecule is CCCC(N)COc1ccccc1OC. The van der Waals surface area contributed by atoms with Crippen LogP contribution in [0.3, 0.4) is 0 Å². The van der Waals surface area contributed by atoms with E-state index in [1.165, 1.54) is 0 Å². The van der Waals surface area contributed by atoms with Crippen molar-refractivity contribution in [3.05, 3.63) is 24.3 Å². The van der Waals surface area contributed by atoms with E-state index in [-0.39, 0.29) is 6.04 Å². The Morgan fingerprint density at radius 1 is 1.27 bits per heavy atom. The van der Waals surface area contributed by atoms with Gasteiger partial charge in [-0.15, -0.1) is 0 Å². The van der Waals surface area contributed by atoms with E-state index < -0.39 is 0 Å². The molecule has 0 saturated heterocycles. The Labute approximate surface area is 91.2 Å². The van der Waals surface area contributed by atoms with E-state index in [0.29, 0.717) is 6.61 Å². The first-order valence-electron chi connectivity index (χ1n) is 5.29. The molecule has 1 unspecified atom stereocenters. The van der Waals surface area contributed by atoms with E-state index in [4.69, 9.17) is 15.2 Å². The van der Waals surface area contributed by atoms with Crippen LogP contribution in [0.1, 0.15) is 19.8 Å². The molecule has 0 saturated carbocycles. The van der Waals surface area contributed by atoms with Crippen molar-refractivity contribution in [1.82, 2.24) is 0 Å². The second-order valence-electron chi connectivity index (χ2n) is 3.51. The van der Waals surface area contributed by atoms with Gasteiger partial charge in [0.15, 0.2) is 11.5 Å². The van der Waals surface area contributed by atoms with Crippen LogP contribution >= 0.6 is 0 Å². The molecule has 0 aliphatic heterocycles. The highest BCUT2D eigenvalue weighted by molar-refractivity contribution is 5.39. The molecule has 0 aromatic heterocycles. The summed E-state index contributed by atoms with van der Waals surface area (Å²) in [6.45, 7) is 2.65. The highest BCUT2D eigenvalue weighted by Gasteiger charge is 2.05. The Hall–Kier alpha value is -1.22. The fraction of sp³-hybridized carbons (Fsp3) is 0.500. The maximum Gasteiger partial charge on any atom is 0.161 e. The molecule has 0 radical (unpaired) electrons. The smallest absolute Gasteiger partial charge is 0.161 e. The van der Waals surface area contributed by atoms with Gasteiger partial charge in [0.05, 0.1) is 7.11 Å². The molecule has 2 N–H and O–H groups in total. The molecular formula is C12H19NO2. The van der Waals surface area contributed by atoms with Crippen LogP contribution in [0.2, 0.25) is 0 Å². The number of methoxy groups -OCH3 is 1. The minimum atomic E-state index is 0.0971. The molecule has 1 aromatic rings. The topological polar surface area (TPSA) is 44.5 Å². The van der Waals surface area contributed by atoms with E-state index in [9.17, 15) is 0 Å². The van der Waals surface area contributed by atoms with Gasteiger partial charge < -0.3 is 15.2 Å². The summed E-state index contributed by atoms with van der Waals surface area (Å²) in [5, 5.41) is 0. The third-order valence-corrected chi connectivity index (χ3v) is 2.18. The predicted octanol–water partition coefficient (Wildman–Crippen LogP) is 2.20. The van der Waals surface area contributed by atoms with Crippen LogP contribution in [0.25, 0.3) is 0 Å². The van der Waals surface area contributed by atoms with Crippen LogP contribution in [0.4, 0.5) is 0 Å². The van der Waals surface area contributed by atoms with Gasteiger partial charge in [-0.1, -0.05) is 25.5 Å². The number of benzene rings is 1. The van der Waals surface area contributed by atoms with Gasteiger partial charge in [0, 0.05) is 6.04 Å². The summed E-state index contributed by atoms with van der Waals surface area (Å²) < 4.78 is 10.8. The standard InChI is InChI=1S/C12H19NO2/c1-3-6-10(13)9-15-12-8-5-4-7-11(12)14-2/h4-5,7-8,10H,3,6,9,13H2,1-2H3. The van der Waals surface area contributed by atoms with Crippen LogP contribution in [0.5, 0.6) is 11.5 Å². The van der Waals surface area contributed by atoms with Gasteiger partial charge in [-0.3, -0.25) is 0 Å². The summed E-state index contributed by atoms with van der Waals surface area (Å²) in [6, 6.07) is 7.69. The molecule has 1 rings (SSSR count). The van der Waals surface area contributed by atoms with Crippen molar-refractivity contribution in [1.29, 1.82) is 0 Å². The summed E-state index contributed by atoms with van der Waals surface area (Å²) in [6.07, 6.45) is 2.06. The first kappa shape index (κ1) is 11.9. The Kier molecular flexibility index (Phi) is 4.98. The number of hydrogen-bond donors (Lipinski definition) is 1. The van der Waals surface area contributed by atoms with Gasteiger partial charge in [0.2, 0.25) is 0 Å². The van der Waals surface area contributed by atoms with Crippen molar-refractivity contribution in [3.8, 4) is 11.5 Å². The highest BCUT2D eigenvalue weighted by atomic mass is 16.5. The number of rotatable bonds is 6. The highest BCUT2D eigenvalue weighted by Crippen LogP contribution is 2.25. The van der Waals surface area contributed by atoms with E-state index >= 15 is 0 Å². The van der Waals surface area contributed by atoms with Crippen molar-refractivity contribution in [2.75, 3.05) is 13.7 Å². The zero-order valence-electron chi connectivity index (χ0n) is 9.40. The number of ether oxygens (including phenoxy) is 2. The average Bonchev–Trinajstić information content (AvgIpc) is 2.27. The van der Waals surface area contributed by atoms with Crippen molar-refractivity contribution in [3.63, 3.8) is 0 Å². The molecule has 1 atom stereocenters. The van der Waals surface area contributed by atoms with Crippen LogP contribution in [-0.4, -0.2) is 19.8 Å². The summed E-state index contributed by atoms with van der Waals surface area (Å²) in [7, 11) is 1.63. The molecule has 84 valence electrons. The molecule has 3 heteroatoms. The Bertz CT molecular complexity index is 289. The lowest BCUT2D eigenvalue weighted by Crippen LogP contribution is -2.27. The molecule has 0 amide bonds. The average molecular weight is 209 g/mol. The second-order valence-corrected chi connectivity index (χ2v) is 3.51. The normalized spacial score (nSPS) is 12.2.